The Balaban J connectivity index is 1.47. The third-order valence-corrected chi connectivity index (χ3v) is 6.79. The highest BCUT2D eigenvalue weighted by Crippen LogP contribution is 2.27. The lowest BCUT2D eigenvalue weighted by Crippen LogP contribution is -2.52. The summed E-state index contributed by atoms with van der Waals surface area (Å²) in [5.41, 5.74) is 12.7. The van der Waals surface area contributed by atoms with E-state index in [1.165, 1.54) is 6.34 Å². The van der Waals surface area contributed by atoms with Crippen LogP contribution in [0.4, 0.5) is 5.69 Å². The minimum atomic E-state index is -0.779. The van der Waals surface area contributed by atoms with E-state index < -0.39 is 5.79 Å². The lowest BCUT2D eigenvalue weighted by atomic mass is 10.0. The van der Waals surface area contributed by atoms with Crippen LogP contribution >= 0.6 is 11.3 Å². The molecule has 1 saturated heterocycles. The number of ether oxygens (including phenoxy) is 2. The van der Waals surface area contributed by atoms with Gasteiger partial charge in [-0.15, -0.1) is 11.3 Å². The molecule has 0 saturated carbocycles. The highest BCUT2D eigenvalue weighted by Gasteiger charge is 2.39. The molecule has 1 aliphatic heterocycles. The van der Waals surface area contributed by atoms with Crippen LogP contribution in [0.25, 0.3) is 11.1 Å². The molecular formula is C27H32N4O3S. The van der Waals surface area contributed by atoms with Crippen LogP contribution in [0.5, 0.6) is 0 Å². The van der Waals surface area contributed by atoms with Crippen LogP contribution in [0.2, 0.25) is 0 Å². The third-order valence-electron chi connectivity index (χ3n) is 5.87. The van der Waals surface area contributed by atoms with Crippen LogP contribution in [0.15, 0.2) is 71.0 Å². The van der Waals surface area contributed by atoms with Crippen molar-refractivity contribution in [2.24, 2.45) is 10.7 Å². The minimum absolute atomic E-state index is 0.0382. The van der Waals surface area contributed by atoms with Gasteiger partial charge in [0.2, 0.25) is 5.91 Å². The van der Waals surface area contributed by atoms with E-state index >= 15 is 0 Å². The number of hydrogen-bond donors (Lipinski definition) is 2. The van der Waals surface area contributed by atoms with E-state index in [-0.39, 0.29) is 12.3 Å². The number of hydrazine groups is 1. The van der Waals surface area contributed by atoms with Crippen molar-refractivity contribution in [3.8, 4) is 11.1 Å². The predicted molar refractivity (Wildman–Crippen MR) is 140 cm³/mol. The molecule has 0 spiro atoms. The van der Waals surface area contributed by atoms with Gasteiger partial charge < -0.3 is 15.2 Å². The molecule has 2 heterocycles. The lowest BCUT2D eigenvalue weighted by molar-refractivity contribution is -0.185. The number of hydrogen-bond acceptors (Lipinski definition) is 6. The first-order valence-corrected chi connectivity index (χ1v) is 12.8. The standard InChI is InChI=1S/C27H32N4O3S/c1-2-12-27(33-13-14-34-27)19-31(30-17-25-16-24(18-35-25)29-20-28)26(32)15-21-8-10-23(11-9-21)22-6-4-3-5-7-22/h3-11,16,18,20,30H,2,12-15,17,19H2,1H3,(H2,28,29). The van der Waals surface area contributed by atoms with Crippen molar-refractivity contribution >= 4 is 29.3 Å². The second kappa shape index (κ2) is 12.1. The lowest BCUT2D eigenvalue weighted by Gasteiger charge is -2.34. The molecular weight excluding hydrogens is 460 g/mol. The van der Waals surface area contributed by atoms with E-state index in [0.717, 1.165) is 40.1 Å². The number of nitrogens with two attached hydrogens (primary N) is 1. The van der Waals surface area contributed by atoms with Crippen molar-refractivity contribution in [3.05, 3.63) is 76.5 Å². The van der Waals surface area contributed by atoms with Crippen LogP contribution in [0, 0.1) is 0 Å². The molecule has 0 unspecified atom stereocenters. The number of carbonyl (C=O) groups excluding carboxylic acids is 1. The smallest absolute Gasteiger partial charge is 0.241 e. The first-order chi connectivity index (χ1) is 17.1. The molecule has 3 aromatic rings. The van der Waals surface area contributed by atoms with Crippen molar-refractivity contribution in [2.75, 3.05) is 19.8 Å². The quantitative estimate of drug-likeness (QED) is 0.231. The van der Waals surface area contributed by atoms with E-state index in [1.54, 1.807) is 16.3 Å². The Morgan fingerprint density at radius 1 is 1.14 bits per heavy atom. The molecule has 0 radical (unpaired) electrons. The summed E-state index contributed by atoms with van der Waals surface area (Å²) in [7, 11) is 0. The molecule has 35 heavy (non-hydrogen) atoms. The number of benzene rings is 2. The summed E-state index contributed by atoms with van der Waals surface area (Å²) in [4.78, 5) is 18.6. The second-order valence-corrected chi connectivity index (χ2v) is 9.46. The number of thiophene rings is 1. The average Bonchev–Trinajstić information content (AvgIpc) is 3.53. The van der Waals surface area contributed by atoms with Crippen LogP contribution < -0.4 is 11.2 Å². The number of amides is 1. The summed E-state index contributed by atoms with van der Waals surface area (Å²) < 4.78 is 12.0. The third kappa shape index (κ3) is 6.76. The fourth-order valence-corrected chi connectivity index (χ4v) is 4.91. The van der Waals surface area contributed by atoms with Crippen molar-refractivity contribution in [1.29, 1.82) is 0 Å². The first kappa shape index (κ1) is 25.1. The Morgan fingerprint density at radius 3 is 2.54 bits per heavy atom. The van der Waals surface area contributed by atoms with Gasteiger partial charge in [-0.25, -0.2) is 10.4 Å². The molecule has 1 aliphatic rings. The monoisotopic (exact) mass is 492 g/mol. The van der Waals surface area contributed by atoms with Crippen molar-refractivity contribution in [3.63, 3.8) is 0 Å². The highest BCUT2D eigenvalue weighted by atomic mass is 32.1. The molecule has 0 aliphatic carbocycles. The maximum Gasteiger partial charge on any atom is 0.241 e. The van der Waals surface area contributed by atoms with E-state index in [4.69, 9.17) is 15.2 Å². The maximum atomic E-state index is 13.4. The molecule has 1 amide bonds. The van der Waals surface area contributed by atoms with Gasteiger partial charge in [0.1, 0.15) is 0 Å². The van der Waals surface area contributed by atoms with Gasteiger partial charge in [0.15, 0.2) is 5.79 Å². The van der Waals surface area contributed by atoms with Crippen LogP contribution in [-0.2, 0) is 27.2 Å². The first-order valence-electron chi connectivity index (χ1n) is 11.9. The van der Waals surface area contributed by atoms with Gasteiger partial charge in [-0.1, -0.05) is 67.9 Å². The van der Waals surface area contributed by atoms with Gasteiger partial charge in [0, 0.05) is 23.2 Å². The number of carbonyl (C=O) groups is 1. The minimum Gasteiger partial charge on any atom is -0.390 e. The largest absolute Gasteiger partial charge is 0.390 e. The molecule has 184 valence electrons. The zero-order valence-corrected chi connectivity index (χ0v) is 20.8. The predicted octanol–water partition coefficient (Wildman–Crippen LogP) is 4.65. The van der Waals surface area contributed by atoms with Crippen LogP contribution in [-0.4, -0.2) is 42.8 Å². The maximum absolute atomic E-state index is 13.4. The number of nitrogens with zero attached hydrogens (tertiary/aromatic N) is 2. The second-order valence-electron chi connectivity index (χ2n) is 8.46. The van der Waals surface area contributed by atoms with Gasteiger partial charge in [-0.05, 0) is 22.8 Å². The fourth-order valence-electron chi connectivity index (χ4n) is 4.17. The van der Waals surface area contributed by atoms with E-state index in [9.17, 15) is 4.79 Å². The molecule has 8 heteroatoms. The normalized spacial score (nSPS) is 15.0. The van der Waals surface area contributed by atoms with E-state index in [1.807, 2.05) is 41.8 Å². The summed E-state index contributed by atoms with van der Waals surface area (Å²) in [6, 6.07) is 20.3. The van der Waals surface area contributed by atoms with Crippen molar-refractivity contribution in [2.45, 2.75) is 38.5 Å². The van der Waals surface area contributed by atoms with Gasteiger partial charge in [-0.2, -0.15) is 0 Å². The number of rotatable bonds is 11. The van der Waals surface area contributed by atoms with Crippen LogP contribution in [0.3, 0.4) is 0 Å². The summed E-state index contributed by atoms with van der Waals surface area (Å²) in [6.45, 7) is 3.97. The van der Waals surface area contributed by atoms with E-state index in [0.29, 0.717) is 26.3 Å². The van der Waals surface area contributed by atoms with E-state index in [2.05, 4.69) is 41.6 Å². The Bertz CT molecular complexity index is 1110. The van der Waals surface area contributed by atoms with Crippen LogP contribution in [0.1, 0.15) is 30.2 Å². The fraction of sp³-hybridized carbons (Fsp3) is 0.333. The molecule has 3 N–H and O–H groups in total. The van der Waals surface area contributed by atoms with Crippen molar-refractivity contribution < 1.29 is 14.3 Å². The molecule has 4 rings (SSSR count). The summed E-state index contributed by atoms with van der Waals surface area (Å²) in [5, 5.41) is 3.58. The van der Waals surface area contributed by atoms with Gasteiger partial charge >= 0.3 is 0 Å². The van der Waals surface area contributed by atoms with Crippen molar-refractivity contribution in [1.82, 2.24) is 10.4 Å². The molecule has 2 aromatic carbocycles. The average molecular weight is 493 g/mol. The zero-order valence-electron chi connectivity index (χ0n) is 20.0. The number of nitrogens with one attached hydrogen (secondary N) is 1. The van der Waals surface area contributed by atoms with Gasteiger partial charge in [-0.3, -0.25) is 9.80 Å². The molecule has 0 bridgehead atoms. The Kier molecular flexibility index (Phi) is 8.65. The topological polar surface area (TPSA) is 89.2 Å². The molecule has 0 atom stereocenters. The summed E-state index contributed by atoms with van der Waals surface area (Å²) >= 11 is 1.57. The Labute approximate surface area is 210 Å². The zero-order chi connectivity index (χ0) is 24.5. The highest BCUT2D eigenvalue weighted by molar-refractivity contribution is 7.10. The van der Waals surface area contributed by atoms with Gasteiger partial charge in [0.05, 0.1) is 38.2 Å². The Morgan fingerprint density at radius 2 is 1.86 bits per heavy atom. The summed E-state index contributed by atoms with van der Waals surface area (Å²) in [6.07, 6.45) is 3.17. The molecule has 1 fully saturated rings. The Hall–Kier alpha value is -3.04. The summed E-state index contributed by atoms with van der Waals surface area (Å²) in [5.74, 6) is -0.817. The molecule has 7 nitrogen and oxygen atoms in total. The van der Waals surface area contributed by atoms with Gasteiger partial charge in [0.25, 0.3) is 0 Å². The molecule has 1 aromatic heterocycles. The number of aliphatic imine (C=N–C) groups is 1. The SMILES string of the molecule is CCCC1(CN(NCc2cc(N=CN)cs2)C(=O)Cc2ccc(-c3ccccc3)cc2)OCCO1.